The summed E-state index contributed by atoms with van der Waals surface area (Å²) in [6.45, 7) is 1.95. The maximum absolute atomic E-state index is 14.2. The first kappa shape index (κ1) is 63.4. The Balaban J connectivity index is 1.15. The Morgan fingerprint density at radius 1 is 0.637 bits per heavy atom. The number of nitrogens with one attached hydrogen (secondary N) is 5. The fourth-order valence-electron chi connectivity index (χ4n) is 8.28. The summed E-state index contributed by atoms with van der Waals surface area (Å²) in [5, 5.41) is 63.5. The molecule has 0 fully saturated rings. The average molecular weight is 1120 g/mol. The van der Waals surface area contributed by atoms with E-state index >= 15 is 0 Å². The number of carboxylic acid groups (broad SMARTS) is 5. The smallest absolute Gasteiger partial charge is 0.326 e. The monoisotopic (exact) mass is 1120 g/mol. The first-order valence-electron chi connectivity index (χ1n) is 25.3. The van der Waals surface area contributed by atoms with Gasteiger partial charge >= 0.3 is 29.8 Å². The minimum atomic E-state index is -1.71. The summed E-state index contributed by atoms with van der Waals surface area (Å²) in [5.41, 5.74) is 15.7. The second kappa shape index (κ2) is 30.7. The fraction of sp³-hybridized carbons (Fsp3) is 0.415. The molecule has 0 bridgehead atoms. The largest absolute Gasteiger partial charge is 0.481 e. The van der Waals surface area contributed by atoms with E-state index in [-0.39, 0.29) is 49.0 Å². The van der Waals surface area contributed by atoms with Crippen LogP contribution in [0.2, 0.25) is 0 Å². The third-order valence-corrected chi connectivity index (χ3v) is 12.6. The molecule has 3 aromatic carbocycles. The molecular formula is C53H64FN9O17. The molecule has 5 atom stereocenters. The van der Waals surface area contributed by atoms with E-state index in [4.69, 9.17) is 16.6 Å². The summed E-state index contributed by atoms with van der Waals surface area (Å²) >= 11 is 0. The van der Waals surface area contributed by atoms with Gasteiger partial charge < -0.3 is 63.6 Å². The predicted octanol–water partition coefficient (Wildman–Crippen LogP) is 2.52. The van der Waals surface area contributed by atoms with Crippen molar-refractivity contribution in [3.63, 3.8) is 0 Å². The van der Waals surface area contributed by atoms with Crippen LogP contribution in [-0.4, -0.2) is 137 Å². The molecule has 0 spiro atoms. The van der Waals surface area contributed by atoms with Crippen LogP contribution in [0, 0.1) is 18.7 Å². The summed E-state index contributed by atoms with van der Waals surface area (Å²) in [6.07, 6.45) is -4.06. The number of carbonyl (C=O) groups excluding carboxylic acids is 7. The molecular weight excluding hydrogens is 1050 g/mol. The van der Waals surface area contributed by atoms with Crippen LogP contribution in [0.1, 0.15) is 106 Å². The summed E-state index contributed by atoms with van der Waals surface area (Å²) in [5.74, 6) is -14.2. The molecule has 0 aliphatic heterocycles. The molecule has 0 radical (unpaired) electrons. The normalized spacial score (nSPS) is 12.9. The molecule has 0 aliphatic rings. The number of anilines is 2. The summed E-state index contributed by atoms with van der Waals surface area (Å²) < 4.78 is 15.4. The molecule has 1 aromatic heterocycles. The average Bonchev–Trinajstić information content (AvgIpc) is 3.80. The molecule has 0 saturated heterocycles. The lowest BCUT2D eigenvalue weighted by atomic mass is 9.94. The first-order chi connectivity index (χ1) is 37.8. The molecule has 5 amide bonds. The molecule has 0 unspecified atom stereocenters. The number of nitrogens with zero attached hydrogens (tertiary/aromatic N) is 2. The van der Waals surface area contributed by atoms with Crippen molar-refractivity contribution in [2.75, 3.05) is 17.6 Å². The number of aryl methyl sites for hydroxylation is 1. The standard InChI is InChI=1S/C53H64FN9O17/c1-28-9-16-35(54)31(24-28)26-44(68)58-32-13-10-29(11-14-32)34-6-5-7-40-47(34)48(56)62-63(40)45(69)8-3-2-4-23-57-43(67)27-36(55)49(72)61-39(53(79)80)19-21-42(66)60-38(52(77)78)18-20-41(65)59-37(51(75)76)17-15-33(64)25-30(50(73)74)12-22-46(70)71/h5-7,9-11,13-14,16,24,30,36-39H,2-4,8,12,15,17-23,25-27,55H2,1H3,(H2,56,62)(H,57,67)(H,58,68)(H,59,65)(H,60,66)(H,61,72)(H,70,71)(H,73,74)(H,75,76)(H,77,78)(H,79,80)/t30-,36+,37+,38+,39+/m1/s1. The van der Waals surface area contributed by atoms with Crippen LogP contribution in [0.25, 0.3) is 22.0 Å². The number of unbranched alkanes of at least 4 members (excludes halogenated alkanes) is 2. The lowest BCUT2D eigenvalue weighted by Gasteiger charge is -2.19. The van der Waals surface area contributed by atoms with E-state index in [1.54, 1.807) is 48.5 Å². The summed E-state index contributed by atoms with van der Waals surface area (Å²) in [6, 6.07) is 10.2. The quantitative estimate of drug-likeness (QED) is 0.0299. The van der Waals surface area contributed by atoms with Crippen LogP contribution in [0.5, 0.6) is 0 Å². The van der Waals surface area contributed by atoms with E-state index in [0.29, 0.717) is 41.4 Å². The zero-order valence-corrected chi connectivity index (χ0v) is 43.5. The minimum absolute atomic E-state index is 0.0823. The number of hydrogen-bond acceptors (Lipinski definition) is 15. The lowest BCUT2D eigenvalue weighted by Crippen LogP contribution is -2.50. The van der Waals surface area contributed by atoms with Crippen LogP contribution >= 0.6 is 0 Å². The molecule has 4 aromatic rings. The Labute approximate surface area is 456 Å². The zero-order valence-electron chi connectivity index (χ0n) is 43.5. The van der Waals surface area contributed by atoms with Crippen LogP contribution in [-0.2, 0) is 59.2 Å². The number of aromatic nitrogens is 2. The van der Waals surface area contributed by atoms with Crippen molar-refractivity contribution in [1.29, 1.82) is 0 Å². The molecule has 1 heterocycles. The number of Topliss-reactive ketones (excluding diaryl/α,β-unsaturated/α-hetero) is 1. The van der Waals surface area contributed by atoms with Gasteiger partial charge in [0.2, 0.25) is 35.4 Å². The van der Waals surface area contributed by atoms with Crippen LogP contribution in [0.15, 0.2) is 60.7 Å². The second-order valence-corrected chi connectivity index (χ2v) is 18.9. The number of carboxylic acids is 5. The highest BCUT2D eigenvalue weighted by Gasteiger charge is 2.29. The maximum atomic E-state index is 14.2. The number of fused-ring (bicyclic) bond motifs is 1. The van der Waals surface area contributed by atoms with Gasteiger partial charge in [-0.05, 0) is 86.4 Å². The zero-order chi connectivity index (χ0) is 59.2. The van der Waals surface area contributed by atoms with Gasteiger partial charge in [-0.2, -0.15) is 4.68 Å². The highest BCUT2D eigenvalue weighted by Crippen LogP contribution is 2.33. The number of amides is 5. The molecule has 14 N–H and O–H groups in total. The van der Waals surface area contributed by atoms with Gasteiger partial charge in [0.25, 0.3) is 0 Å². The number of rotatable bonds is 34. The minimum Gasteiger partial charge on any atom is -0.481 e. The van der Waals surface area contributed by atoms with Gasteiger partial charge in [0.05, 0.1) is 35.7 Å². The number of aliphatic carboxylic acids is 5. The Hall–Kier alpha value is -9.14. The van der Waals surface area contributed by atoms with Crippen molar-refractivity contribution >= 4 is 93.5 Å². The molecule has 4 rings (SSSR count). The van der Waals surface area contributed by atoms with Gasteiger partial charge in [-0.25, -0.2) is 18.8 Å². The van der Waals surface area contributed by atoms with E-state index < -0.39 is 153 Å². The van der Waals surface area contributed by atoms with E-state index in [1.165, 1.54) is 10.7 Å². The van der Waals surface area contributed by atoms with Gasteiger partial charge in [-0.1, -0.05) is 48.4 Å². The van der Waals surface area contributed by atoms with E-state index in [0.717, 1.165) is 11.1 Å². The van der Waals surface area contributed by atoms with Crippen molar-refractivity contribution in [3.05, 3.63) is 77.6 Å². The molecule has 27 heteroatoms. The van der Waals surface area contributed by atoms with Crippen molar-refractivity contribution in [3.8, 4) is 11.1 Å². The lowest BCUT2D eigenvalue weighted by molar-refractivity contribution is -0.145. The van der Waals surface area contributed by atoms with Crippen LogP contribution < -0.4 is 38.1 Å². The predicted molar refractivity (Wildman–Crippen MR) is 282 cm³/mol. The van der Waals surface area contributed by atoms with Crippen LogP contribution in [0.4, 0.5) is 15.9 Å². The number of ketones is 1. The number of benzene rings is 3. The van der Waals surface area contributed by atoms with E-state index in [1.807, 2.05) is 13.0 Å². The molecule has 26 nitrogen and oxygen atoms in total. The van der Waals surface area contributed by atoms with Gasteiger partial charge in [0.1, 0.15) is 29.7 Å². The summed E-state index contributed by atoms with van der Waals surface area (Å²) in [4.78, 5) is 147. The SMILES string of the molecule is Cc1ccc(F)c(CC(=O)Nc2ccc(-c3cccc4c3c(N)nn4C(=O)CCCCCNC(=O)C[C@H](N)C(=O)N[C@@H](CCC(=O)N[C@@H](CCC(=O)N[C@@H](CCC(=O)C[C@@H](CCC(=O)O)C(=O)O)C(=O)O)C(=O)O)C(=O)O)cc2)c1. The van der Waals surface area contributed by atoms with Crippen LogP contribution in [0.3, 0.4) is 0 Å². The van der Waals surface area contributed by atoms with E-state index in [2.05, 4.69) is 31.7 Å². The van der Waals surface area contributed by atoms with E-state index in [9.17, 15) is 82.4 Å². The highest BCUT2D eigenvalue weighted by atomic mass is 19.1. The Kier molecular flexibility index (Phi) is 24.3. The Morgan fingerprint density at radius 2 is 1.24 bits per heavy atom. The number of nitrogens with two attached hydrogens (primary N) is 2. The maximum Gasteiger partial charge on any atom is 0.326 e. The summed E-state index contributed by atoms with van der Waals surface area (Å²) in [7, 11) is 0. The topological polar surface area (TPSA) is 436 Å². The number of carbonyl (C=O) groups is 12. The molecule has 80 heavy (non-hydrogen) atoms. The molecule has 0 aliphatic carbocycles. The third kappa shape index (κ3) is 20.3. The Bertz CT molecular complexity index is 2960. The number of hydrogen-bond donors (Lipinski definition) is 12. The van der Waals surface area contributed by atoms with Crippen molar-refractivity contribution in [1.82, 2.24) is 31.0 Å². The van der Waals surface area contributed by atoms with Crippen molar-refractivity contribution in [2.24, 2.45) is 11.7 Å². The Morgan fingerprint density at radius 3 is 1.82 bits per heavy atom. The van der Waals surface area contributed by atoms with Gasteiger partial charge in [-0.3, -0.25) is 43.2 Å². The third-order valence-electron chi connectivity index (χ3n) is 12.6. The molecule has 0 saturated carbocycles. The number of nitrogen functional groups attached to an aromatic ring is 1. The molecule has 430 valence electrons. The van der Waals surface area contributed by atoms with Gasteiger partial charge in [0, 0.05) is 50.8 Å². The van der Waals surface area contributed by atoms with Gasteiger partial charge in [-0.15, -0.1) is 5.10 Å². The van der Waals surface area contributed by atoms with Gasteiger partial charge in [0.15, 0.2) is 5.82 Å². The fourth-order valence-corrected chi connectivity index (χ4v) is 8.28. The number of halogens is 1. The van der Waals surface area contributed by atoms with Crippen molar-refractivity contribution < 1.29 is 87.5 Å². The van der Waals surface area contributed by atoms with Crippen molar-refractivity contribution in [2.45, 2.75) is 127 Å². The first-order valence-corrected chi connectivity index (χ1v) is 25.3. The highest BCUT2D eigenvalue weighted by molar-refractivity contribution is 6.05. The second-order valence-electron chi connectivity index (χ2n) is 18.9.